The molecule has 1 aliphatic heterocycles. The lowest BCUT2D eigenvalue weighted by Crippen LogP contribution is -2.61. The van der Waals surface area contributed by atoms with E-state index in [0.29, 0.717) is 12.8 Å². The van der Waals surface area contributed by atoms with Gasteiger partial charge in [0.15, 0.2) is 6.29 Å². The molecule has 35 heavy (non-hydrogen) atoms. The number of ether oxygens (including phenoxy) is 2. The van der Waals surface area contributed by atoms with E-state index in [2.05, 4.69) is 9.50 Å². The van der Waals surface area contributed by atoms with Gasteiger partial charge in [0.1, 0.15) is 24.4 Å². The highest BCUT2D eigenvalue weighted by atomic mass is 32.3. The number of carbonyl (C=O) groups is 1. The van der Waals surface area contributed by atoms with E-state index >= 15 is 0 Å². The molecular weight excluding hydrogens is 486 g/mol. The third-order valence-electron chi connectivity index (χ3n) is 4.97. The van der Waals surface area contributed by atoms with Crippen molar-refractivity contribution in [2.45, 2.75) is 82.4 Å². The third kappa shape index (κ3) is 11.7. The maximum atomic E-state index is 12.4. The van der Waals surface area contributed by atoms with Crippen LogP contribution in [-0.2, 0) is 28.9 Å². The van der Waals surface area contributed by atoms with Crippen molar-refractivity contribution >= 4 is 16.3 Å². The summed E-state index contributed by atoms with van der Waals surface area (Å²) in [5.74, 6) is -0.403. The summed E-state index contributed by atoms with van der Waals surface area (Å²) in [5.41, 5.74) is 0. The average Bonchev–Trinajstić information content (AvgIpc) is 2.80. The summed E-state index contributed by atoms with van der Waals surface area (Å²) < 4.78 is 46.2. The molecule has 6 N–H and O–H groups in total. The van der Waals surface area contributed by atoms with Gasteiger partial charge in [-0.2, -0.15) is 8.42 Å². The smallest absolute Gasteiger partial charge is 0.394 e. The van der Waals surface area contributed by atoms with Crippen LogP contribution in [0.3, 0.4) is 0 Å². The van der Waals surface area contributed by atoms with Gasteiger partial charge < -0.3 is 35.2 Å². The van der Waals surface area contributed by atoms with E-state index in [1.807, 2.05) is 32.1 Å². The summed E-state index contributed by atoms with van der Waals surface area (Å²) in [6.45, 7) is 2.70. The Morgan fingerprint density at radius 1 is 1.09 bits per heavy atom. The van der Waals surface area contributed by atoms with Crippen molar-refractivity contribution in [1.29, 1.82) is 0 Å². The van der Waals surface area contributed by atoms with E-state index in [0.717, 1.165) is 6.42 Å². The fourth-order valence-electron chi connectivity index (χ4n) is 3.17. The quantitative estimate of drug-likeness (QED) is 0.122. The standard InChI is InChI=1S/C22H37NO11S/c1-3-5-7-8-9-10-12-18(26)23-15(16(25)11-6-4-2)14-32-22-20(28)21(34-35(29,30)31)19(27)17(13-24)33-22/h5-7,9-11,15-17,19-22,24-25,27-28H,3-4,8,12-14H2,1-2H3,(H,23,26)(H,29,30,31)/b7-5?,10-9?,11-6+. The molecule has 0 aliphatic carbocycles. The van der Waals surface area contributed by atoms with Crippen molar-refractivity contribution < 1.29 is 51.8 Å². The van der Waals surface area contributed by atoms with Gasteiger partial charge in [-0.25, -0.2) is 4.18 Å². The fourth-order valence-corrected chi connectivity index (χ4v) is 3.68. The van der Waals surface area contributed by atoms with Crippen molar-refractivity contribution in [3.8, 4) is 0 Å². The van der Waals surface area contributed by atoms with Crippen molar-refractivity contribution in [2.24, 2.45) is 0 Å². The molecule has 0 aromatic carbocycles. The number of hydrogen-bond acceptors (Lipinski definition) is 10. The Morgan fingerprint density at radius 3 is 2.34 bits per heavy atom. The molecule has 1 heterocycles. The number of carbonyl (C=O) groups excluding carboxylic acids is 1. The minimum absolute atomic E-state index is 0.0479. The summed E-state index contributed by atoms with van der Waals surface area (Å²) in [6.07, 6.45) is 3.11. The Hall–Kier alpha value is -1.68. The van der Waals surface area contributed by atoms with Gasteiger partial charge in [0, 0.05) is 6.42 Å². The first-order chi connectivity index (χ1) is 16.5. The van der Waals surface area contributed by atoms with Gasteiger partial charge in [0.2, 0.25) is 5.91 Å². The van der Waals surface area contributed by atoms with Crippen LogP contribution in [0.2, 0.25) is 0 Å². The molecule has 1 aliphatic rings. The first-order valence-electron chi connectivity index (χ1n) is 11.4. The van der Waals surface area contributed by atoms with Gasteiger partial charge in [-0.3, -0.25) is 9.35 Å². The number of aliphatic hydroxyl groups is 4. The summed E-state index contributed by atoms with van der Waals surface area (Å²) in [5, 5.41) is 43.0. The normalized spacial score (nSPS) is 27.6. The molecule has 13 heteroatoms. The number of amides is 1. The second-order valence-corrected chi connectivity index (χ2v) is 8.87. The molecule has 0 aromatic rings. The first-order valence-corrected chi connectivity index (χ1v) is 12.7. The maximum absolute atomic E-state index is 12.4. The van der Waals surface area contributed by atoms with Gasteiger partial charge in [0.25, 0.3) is 0 Å². The van der Waals surface area contributed by atoms with Crippen LogP contribution in [0.15, 0.2) is 36.5 Å². The number of nitrogens with one attached hydrogen (secondary N) is 1. The Kier molecular flexibility index (Phi) is 14.5. The van der Waals surface area contributed by atoms with Crippen LogP contribution < -0.4 is 5.32 Å². The first kappa shape index (κ1) is 31.4. The van der Waals surface area contributed by atoms with Gasteiger partial charge in [0.05, 0.1) is 25.4 Å². The summed E-state index contributed by atoms with van der Waals surface area (Å²) in [6, 6.07) is -0.977. The van der Waals surface area contributed by atoms with Crippen molar-refractivity contribution in [3.05, 3.63) is 36.5 Å². The molecule has 1 fully saturated rings. The third-order valence-corrected chi connectivity index (χ3v) is 5.43. The summed E-state index contributed by atoms with van der Waals surface area (Å²) >= 11 is 0. The second kappa shape index (κ2) is 16.1. The second-order valence-electron chi connectivity index (χ2n) is 7.82. The van der Waals surface area contributed by atoms with E-state index in [1.54, 1.807) is 12.2 Å². The topological polar surface area (TPSA) is 192 Å². The molecule has 1 saturated heterocycles. The number of allylic oxidation sites excluding steroid dienone is 4. The Bertz CT molecular complexity index is 814. The van der Waals surface area contributed by atoms with Crippen LogP contribution in [0.4, 0.5) is 0 Å². The van der Waals surface area contributed by atoms with E-state index in [1.165, 1.54) is 6.08 Å². The van der Waals surface area contributed by atoms with Crippen molar-refractivity contribution in [1.82, 2.24) is 5.32 Å². The van der Waals surface area contributed by atoms with E-state index in [-0.39, 0.29) is 6.42 Å². The zero-order valence-electron chi connectivity index (χ0n) is 19.8. The lowest BCUT2D eigenvalue weighted by atomic mass is 9.99. The predicted molar refractivity (Wildman–Crippen MR) is 125 cm³/mol. The fraction of sp³-hybridized carbons (Fsp3) is 0.682. The predicted octanol–water partition coefficient (Wildman–Crippen LogP) is -0.255. The number of hydrogen-bond donors (Lipinski definition) is 6. The molecule has 202 valence electrons. The highest BCUT2D eigenvalue weighted by molar-refractivity contribution is 7.80. The molecule has 7 unspecified atom stereocenters. The zero-order valence-corrected chi connectivity index (χ0v) is 20.7. The van der Waals surface area contributed by atoms with Crippen molar-refractivity contribution in [2.75, 3.05) is 13.2 Å². The summed E-state index contributed by atoms with van der Waals surface area (Å²) in [7, 11) is -5.06. The van der Waals surface area contributed by atoms with Gasteiger partial charge in [-0.1, -0.05) is 50.3 Å². The van der Waals surface area contributed by atoms with E-state index in [4.69, 9.17) is 14.0 Å². The molecule has 1 rings (SSSR count). The van der Waals surface area contributed by atoms with Gasteiger partial charge in [-0.15, -0.1) is 0 Å². The molecule has 0 radical (unpaired) electrons. The molecule has 1 amide bonds. The Balaban J connectivity index is 2.87. The molecule has 0 saturated carbocycles. The van der Waals surface area contributed by atoms with Crippen LogP contribution in [0.25, 0.3) is 0 Å². The molecule has 0 bridgehead atoms. The highest BCUT2D eigenvalue weighted by Gasteiger charge is 2.48. The highest BCUT2D eigenvalue weighted by Crippen LogP contribution is 2.25. The van der Waals surface area contributed by atoms with Crippen LogP contribution in [0, 0.1) is 0 Å². The van der Waals surface area contributed by atoms with Crippen LogP contribution in [-0.4, -0.2) is 95.4 Å². The van der Waals surface area contributed by atoms with Crippen LogP contribution in [0.5, 0.6) is 0 Å². The van der Waals surface area contributed by atoms with Crippen LogP contribution in [0.1, 0.15) is 39.5 Å². The van der Waals surface area contributed by atoms with Gasteiger partial charge in [-0.05, 0) is 19.3 Å². The molecule has 0 aromatic heterocycles. The van der Waals surface area contributed by atoms with E-state index < -0.39 is 72.4 Å². The zero-order chi connectivity index (χ0) is 26.4. The van der Waals surface area contributed by atoms with E-state index in [9.17, 15) is 33.6 Å². The Morgan fingerprint density at radius 2 is 1.74 bits per heavy atom. The van der Waals surface area contributed by atoms with Gasteiger partial charge >= 0.3 is 10.4 Å². The maximum Gasteiger partial charge on any atom is 0.397 e. The minimum atomic E-state index is -5.06. The van der Waals surface area contributed by atoms with Crippen molar-refractivity contribution in [3.63, 3.8) is 0 Å². The Labute approximate surface area is 205 Å². The number of rotatable bonds is 15. The molecule has 12 nitrogen and oxygen atoms in total. The summed E-state index contributed by atoms with van der Waals surface area (Å²) in [4.78, 5) is 12.4. The molecular formula is C22H37NO11S. The largest absolute Gasteiger partial charge is 0.397 e. The number of aliphatic hydroxyl groups excluding tert-OH is 4. The SMILES string of the molecule is CCC=CCC=CCC(=O)NC(COC1OC(CO)C(O)C(OS(=O)(=O)O)C1O)C(O)/C=C/CC. The minimum Gasteiger partial charge on any atom is -0.394 e. The molecule has 7 atom stereocenters. The lowest BCUT2D eigenvalue weighted by Gasteiger charge is -2.41. The average molecular weight is 524 g/mol. The van der Waals surface area contributed by atoms with Crippen LogP contribution >= 0.6 is 0 Å². The lowest BCUT2D eigenvalue weighted by molar-refractivity contribution is -0.298. The molecule has 0 spiro atoms. The monoisotopic (exact) mass is 523 g/mol.